The van der Waals surface area contributed by atoms with E-state index in [-0.39, 0.29) is 24.3 Å². The van der Waals surface area contributed by atoms with Crippen molar-refractivity contribution in [1.29, 1.82) is 0 Å². The standard InChI is InChI=1S/C16H22O6/c17-9-3-1-5-11-12(6-2-4-10-18)14(16(21)22)8-7-13(11)15(19)20/h7-8,17-18H,1-6,9-10H2,(H,19,20)(H,21,22). The highest BCUT2D eigenvalue weighted by Gasteiger charge is 2.20. The normalized spacial score (nSPS) is 10.6. The summed E-state index contributed by atoms with van der Waals surface area (Å²) in [7, 11) is 0. The molecular formula is C16H22O6. The minimum absolute atomic E-state index is 0.0148. The number of hydrogen-bond acceptors (Lipinski definition) is 4. The summed E-state index contributed by atoms with van der Waals surface area (Å²) in [5.74, 6) is -2.17. The second kappa shape index (κ2) is 9.17. The van der Waals surface area contributed by atoms with Gasteiger partial charge in [-0.15, -0.1) is 0 Å². The Morgan fingerprint density at radius 3 is 1.36 bits per heavy atom. The van der Waals surface area contributed by atoms with Crippen LogP contribution in [0.1, 0.15) is 57.5 Å². The van der Waals surface area contributed by atoms with E-state index < -0.39 is 11.9 Å². The van der Waals surface area contributed by atoms with E-state index in [0.717, 1.165) is 0 Å². The number of carboxylic acids is 2. The minimum Gasteiger partial charge on any atom is -0.478 e. The fraction of sp³-hybridized carbons (Fsp3) is 0.500. The number of aliphatic hydroxyl groups excluding tert-OH is 2. The van der Waals surface area contributed by atoms with Crippen LogP contribution in [0.4, 0.5) is 0 Å². The molecule has 0 unspecified atom stereocenters. The number of carboxylic acid groups (broad SMARTS) is 2. The molecule has 0 saturated carbocycles. The van der Waals surface area contributed by atoms with E-state index in [1.54, 1.807) is 0 Å². The van der Waals surface area contributed by atoms with Crippen LogP contribution in [0.25, 0.3) is 0 Å². The van der Waals surface area contributed by atoms with Gasteiger partial charge in [-0.3, -0.25) is 0 Å². The van der Waals surface area contributed by atoms with Crippen LogP contribution in [0.2, 0.25) is 0 Å². The molecule has 0 aliphatic rings. The number of benzene rings is 1. The molecule has 0 radical (unpaired) electrons. The molecule has 1 rings (SSSR count). The molecule has 122 valence electrons. The van der Waals surface area contributed by atoms with Crippen LogP contribution in [-0.4, -0.2) is 45.6 Å². The van der Waals surface area contributed by atoms with Gasteiger partial charge in [0.15, 0.2) is 0 Å². The van der Waals surface area contributed by atoms with Gasteiger partial charge in [0.05, 0.1) is 11.1 Å². The molecular weight excluding hydrogens is 288 g/mol. The lowest BCUT2D eigenvalue weighted by Crippen LogP contribution is -2.12. The monoisotopic (exact) mass is 310 g/mol. The summed E-state index contributed by atoms with van der Waals surface area (Å²) in [4.78, 5) is 22.8. The third kappa shape index (κ3) is 4.82. The van der Waals surface area contributed by atoms with Gasteiger partial charge in [-0.1, -0.05) is 0 Å². The predicted molar refractivity (Wildman–Crippen MR) is 80.4 cm³/mol. The van der Waals surface area contributed by atoms with Gasteiger partial charge < -0.3 is 20.4 Å². The molecule has 0 heterocycles. The van der Waals surface area contributed by atoms with Crippen LogP contribution in [-0.2, 0) is 12.8 Å². The first-order chi connectivity index (χ1) is 10.5. The Morgan fingerprint density at radius 2 is 1.09 bits per heavy atom. The van der Waals surface area contributed by atoms with Crippen LogP contribution in [0.3, 0.4) is 0 Å². The molecule has 0 fully saturated rings. The summed E-state index contributed by atoms with van der Waals surface area (Å²) in [6.07, 6.45) is 3.08. The van der Waals surface area contributed by atoms with Crippen LogP contribution in [0.15, 0.2) is 12.1 Å². The third-order valence-corrected chi connectivity index (χ3v) is 3.56. The maximum Gasteiger partial charge on any atom is 0.335 e. The summed E-state index contributed by atoms with van der Waals surface area (Å²) < 4.78 is 0. The average molecular weight is 310 g/mol. The van der Waals surface area contributed by atoms with E-state index in [9.17, 15) is 19.8 Å². The molecule has 1 aromatic rings. The van der Waals surface area contributed by atoms with Crippen molar-refractivity contribution in [2.75, 3.05) is 13.2 Å². The molecule has 0 aromatic heterocycles. The topological polar surface area (TPSA) is 115 Å². The quantitative estimate of drug-likeness (QED) is 0.489. The van der Waals surface area contributed by atoms with Crippen molar-refractivity contribution in [2.24, 2.45) is 0 Å². The molecule has 22 heavy (non-hydrogen) atoms. The average Bonchev–Trinajstić information content (AvgIpc) is 2.47. The van der Waals surface area contributed by atoms with Gasteiger partial charge in [-0.2, -0.15) is 0 Å². The zero-order valence-corrected chi connectivity index (χ0v) is 12.4. The molecule has 6 heteroatoms. The summed E-state index contributed by atoms with van der Waals surface area (Å²) in [5, 5.41) is 36.4. The number of hydrogen-bond donors (Lipinski definition) is 4. The van der Waals surface area contributed by atoms with E-state index >= 15 is 0 Å². The molecule has 4 N–H and O–H groups in total. The SMILES string of the molecule is O=C(O)c1ccc(C(=O)O)c(CCCCO)c1CCCCO. The number of rotatable bonds is 10. The maximum absolute atomic E-state index is 11.4. The van der Waals surface area contributed by atoms with Crippen LogP contribution in [0.5, 0.6) is 0 Å². The van der Waals surface area contributed by atoms with E-state index in [0.29, 0.717) is 49.7 Å². The van der Waals surface area contributed by atoms with Gasteiger partial charge in [0.2, 0.25) is 0 Å². The van der Waals surface area contributed by atoms with Crippen molar-refractivity contribution in [2.45, 2.75) is 38.5 Å². The molecule has 6 nitrogen and oxygen atoms in total. The Hall–Kier alpha value is -1.92. The highest BCUT2D eigenvalue weighted by Crippen LogP contribution is 2.24. The Kier molecular flexibility index (Phi) is 7.56. The molecule has 0 bridgehead atoms. The zero-order valence-electron chi connectivity index (χ0n) is 12.4. The molecule has 0 saturated heterocycles. The van der Waals surface area contributed by atoms with Crippen molar-refractivity contribution in [3.8, 4) is 0 Å². The molecule has 0 aliphatic carbocycles. The third-order valence-electron chi connectivity index (χ3n) is 3.56. The minimum atomic E-state index is -1.08. The molecule has 1 aromatic carbocycles. The highest BCUT2D eigenvalue weighted by molar-refractivity contribution is 5.95. The molecule has 0 amide bonds. The first kappa shape index (κ1) is 18.1. The molecule has 0 aliphatic heterocycles. The number of aliphatic hydroxyl groups is 2. The molecule has 0 atom stereocenters. The van der Waals surface area contributed by atoms with Gasteiger partial charge in [-0.25, -0.2) is 9.59 Å². The van der Waals surface area contributed by atoms with Gasteiger partial charge in [0, 0.05) is 13.2 Å². The van der Waals surface area contributed by atoms with Gasteiger partial charge in [-0.05, 0) is 61.8 Å². The van der Waals surface area contributed by atoms with E-state index in [4.69, 9.17) is 10.2 Å². The molecule has 0 spiro atoms. The van der Waals surface area contributed by atoms with Crippen molar-refractivity contribution in [1.82, 2.24) is 0 Å². The zero-order chi connectivity index (χ0) is 16.5. The highest BCUT2D eigenvalue weighted by atomic mass is 16.4. The largest absolute Gasteiger partial charge is 0.478 e. The van der Waals surface area contributed by atoms with E-state index in [2.05, 4.69) is 0 Å². The number of unbranched alkanes of at least 4 members (excludes halogenated alkanes) is 2. The summed E-state index contributed by atoms with van der Waals surface area (Å²) >= 11 is 0. The number of aromatic carboxylic acids is 2. The van der Waals surface area contributed by atoms with Crippen molar-refractivity contribution in [3.63, 3.8) is 0 Å². The van der Waals surface area contributed by atoms with Crippen LogP contribution in [0, 0.1) is 0 Å². The fourth-order valence-electron chi connectivity index (χ4n) is 2.49. The maximum atomic E-state index is 11.4. The fourth-order valence-corrected chi connectivity index (χ4v) is 2.49. The first-order valence-corrected chi connectivity index (χ1v) is 7.36. The lowest BCUT2D eigenvalue weighted by Gasteiger charge is -2.15. The van der Waals surface area contributed by atoms with Crippen molar-refractivity contribution in [3.05, 3.63) is 34.4 Å². The van der Waals surface area contributed by atoms with Crippen molar-refractivity contribution >= 4 is 11.9 Å². The Labute approximate surface area is 129 Å². The summed E-state index contributed by atoms with van der Waals surface area (Å²) in [6, 6.07) is 2.66. The lowest BCUT2D eigenvalue weighted by atomic mass is 9.89. The lowest BCUT2D eigenvalue weighted by molar-refractivity contribution is 0.0679. The Morgan fingerprint density at radius 1 is 0.727 bits per heavy atom. The van der Waals surface area contributed by atoms with Gasteiger partial charge in [0.1, 0.15) is 0 Å². The van der Waals surface area contributed by atoms with E-state index in [1.165, 1.54) is 12.1 Å². The first-order valence-electron chi connectivity index (χ1n) is 7.36. The second-order valence-corrected chi connectivity index (χ2v) is 5.09. The Bertz CT molecular complexity index is 477. The van der Waals surface area contributed by atoms with Gasteiger partial charge in [0.25, 0.3) is 0 Å². The smallest absolute Gasteiger partial charge is 0.335 e. The van der Waals surface area contributed by atoms with Gasteiger partial charge >= 0.3 is 11.9 Å². The van der Waals surface area contributed by atoms with Crippen molar-refractivity contribution < 1.29 is 30.0 Å². The Balaban J connectivity index is 3.24. The van der Waals surface area contributed by atoms with E-state index in [1.807, 2.05) is 0 Å². The van der Waals surface area contributed by atoms with Crippen LogP contribution >= 0.6 is 0 Å². The summed E-state index contributed by atoms with van der Waals surface area (Å²) in [5.41, 5.74) is 1.28. The number of carbonyl (C=O) groups is 2. The predicted octanol–water partition coefficient (Wildman–Crippen LogP) is 1.71. The second-order valence-electron chi connectivity index (χ2n) is 5.09. The van der Waals surface area contributed by atoms with Crippen LogP contribution < -0.4 is 0 Å². The summed E-state index contributed by atoms with van der Waals surface area (Å²) in [6.45, 7) is 0.0295.